The molecule has 1 aliphatic rings. The van der Waals surface area contributed by atoms with Crippen molar-refractivity contribution in [2.45, 2.75) is 38.6 Å². The fraction of sp³-hybridized carbons (Fsp3) is 0.400. The van der Waals surface area contributed by atoms with Gasteiger partial charge in [0.2, 0.25) is 0 Å². The fourth-order valence-corrected chi connectivity index (χ4v) is 2.60. The van der Waals surface area contributed by atoms with Crippen LogP contribution in [-0.4, -0.2) is 9.78 Å². The van der Waals surface area contributed by atoms with Gasteiger partial charge >= 0.3 is 0 Å². The first-order valence-electron chi connectivity index (χ1n) is 6.44. The van der Waals surface area contributed by atoms with E-state index in [2.05, 4.69) is 47.2 Å². The highest BCUT2D eigenvalue weighted by molar-refractivity contribution is 5.61. The van der Waals surface area contributed by atoms with Crippen LogP contribution in [-0.2, 0) is 0 Å². The van der Waals surface area contributed by atoms with E-state index in [0.717, 1.165) is 0 Å². The average molecular weight is 226 g/mol. The molecule has 2 heteroatoms. The number of hydrogen-bond donors (Lipinski definition) is 0. The summed E-state index contributed by atoms with van der Waals surface area (Å²) in [5.41, 5.74) is 3.80. The zero-order valence-electron chi connectivity index (χ0n) is 10.3. The Bertz CT molecular complexity index is 490. The van der Waals surface area contributed by atoms with Crippen LogP contribution in [0.2, 0.25) is 0 Å². The Morgan fingerprint density at radius 3 is 2.47 bits per heavy atom. The van der Waals surface area contributed by atoms with E-state index in [1.165, 1.54) is 42.4 Å². The van der Waals surface area contributed by atoms with Crippen molar-refractivity contribution < 1.29 is 0 Å². The molecule has 0 amide bonds. The summed E-state index contributed by atoms with van der Waals surface area (Å²) in [5, 5.41) is 4.51. The van der Waals surface area contributed by atoms with Gasteiger partial charge in [-0.15, -0.1) is 0 Å². The Balaban J connectivity index is 1.86. The van der Waals surface area contributed by atoms with Crippen molar-refractivity contribution in [1.82, 2.24) is 9.78 Å². The molecule has 2 nitrogen and oxygen atoms in total. The van der Waals surface area contributed by atoms with Gasteiger partial charge in [-0.2, -0.15) is 5.10 Å². The molecular formula is C15H18N2. The van der Waals surface area contributed by atoms with Crippen molar-refractivity contribution in [2.24, 2.45) is 0 Å². The normalized spacial score (nSPS) is 16.5. The van der Waals surface area contributed by atoms with Gasteiger partial charge in [0, 0.05) is 11.8 Å². The van der Waals surface area contributed by atoms with Crippen molar-refractivity contribution in [2.75, 3.05) is 0 Å². The predicted octanol–water partition coefficient (Wildman–Crippen LogP) is 3.97. The summed E-state index contributed by atoms with van der Waals surface area (Å²) in [7, 11) is 0. The van der Waals surface area contributed by atoms with Crippen LogP contribution in [0.15, 0.2) is 36.7 Å². The maximum Gasteiger partial charge on any atom is 0.0568 e. The minimum Gasteiger partial charge on any atom is -0.269 e. The van der Waals surface area contributed by atoms with E-state index >= 15 is 0 Å². The lowest BCUT2D eigenvalue weighted by Gasteiger charge is -2.08. The third-order valence-electron chi connectivity index (χ3n) is 3.69. The quantitative estimate of drug-likeness (QED) is 0.757. The molecule has 0 radical (unpaired) electrons. The molecule has 0 aliphatic heterocycles. The van der Waals surface area contributed by atoms with Crippen LogP contribution in [0.4, 0.5) is 0 Å². The molecule has 0 atom stereocenters. The monoisotopic (exact) mass is 226 g/mol. The standard InChI is InChI=1S/C15H18N2/c1-12-6-8-13(9-7-12)14-10-16-17(11-14)15-4-2-3-5-15/h6-11,15H,2-5H2,1H3. The average Bonchev–Trinajstić information content (AvgIpc) is 3.00. The van der Waals surface area contributed by atoms with Gasteiger partial charge in [0.15, 0.2) is 0 Å². The molecule has 3 rings (SSSR count). The summed E-state index contributed by atoms with van der Waals surface area (Å²) in [4.78, 5) is 0. The summed E-state index contributed by atoms with van der Waals surface area (Å²) < 4.78 is 2.15. The lowest BCUT2D eigenvalue weighted by Crippen LogP contribution is -2.04. The van der Waals surface area contributed by atoms with E-state index in [0.29, 0.717) is 6.04 Å². The second-order valence-corrected chi connectivity index (χ2v) is 5.01. The van der Waals surface area contributed by atoms with Gasteiger partial charge in [-0.05, 0) is 25.3 Å². The SMILES string of the molecule is Cc1ccc(-c2cnn(C3CCCC3)c2)cc1. The van der Waals surface area contributed by atoms with Gasteiger partial charge in [-0.1, -0.05) is 42.7 Å². The Kier molecular flexibility index (Phi) is 2.71. The van der Waals surface area contributed by atoms with Gasteiger partial charge in [0.05, 0.1) is 12.2 Å². The van der Waals surface area contributed by atoms with E-state index < -0.39 is 0 Å². The molecular weight excluding hydrogens is 208 g/mol. The molecule has 1 heterocycles. The van der Waals surface area contributed by atoms with E-state index in [4.69, 9.17) is 0 Å². The van der Waals surface area contributed by atoms with Crippen LogP contribution < -0.4 is 0 Å². The Labute approximate surface area is 102 Å². The van der Waals surface area contributed by atoms with Crippen LogP contribution in [0.25, 0.3) is 11.1 Å². The van der Waals surface area contributed by atoms with Crippen LogP contribution >= 0.6 is 0 Å². The maximum atomic E-state index is 4.51. The van der Waals surface area contributed by atoms with Crippen LogP contribution in [0, 0.1) is 6.92 Å². The Morgan fingerprint density at radius 1 is 1.06 bits per heavy atom. The first-order chi connectivity index (χ1) is 8.33. The van der Waals surface area contributed by atoms with Crippen molar-refractivity contribution in [3.63, 3.8) is 0 Å². The van der Waals surface area contributed by atoms with E-state index in [1.807, 2.05) is 6.20 Å². The first kappa shape index (κ1) is 10.6. The summed E-state index contributed by atoms with van der Waals surface area (Å²) in [6, 6.07) is 9.29. The van der Waals surface area contributed by atoms with Crippen molar-refractivity contribution >= 4 is 0 Å². The van der Waals surface area contributed by atoms with Crippen molar-refractivity contribution in [1.29, 1.82) is 0 Å². The summed E-state index contributed by atoms with van der Waals surface area (Å²) in [6.07, 6.45) is 9.46. The van der Waals surface area contributed by atoms with Gasteiger partial charge in [-0.3, -0.25) is 4.68 Å². The Hall–Kier alpha value is -1.57. The minimum absolute atomic E-state index is 0.634. The molecule has 0 unspecified atom stereocenters. The van der Waals surface area contributed by atoms with E-state index in [-0.39, 0.29) is 0 Å². The highest BCUT2D eigenvalue weighted by Crippen LogP contribution is 2.30. The van der Waals surface area contributed by atoms with E-state index in [9.17, 15) is 0 Å². The van der Waals surface area contributed by atoms with Crippen molar-refractivity contribution in [3.05, 3.63) is 42.2 Å². The molecule has 88 valence electrons. The molecule has 1 aromatic carbocycles. The lowest BCUT2D eigenvalue weighted by molar-refractivity contribution is 0.467. The Morgan fingerprint density at radius 2 is 1.76 bits per heavy atom. The highest BCUT2D eigenvalue weighted by Gasteiger charge is 2.17. The zero-order chi connectivity index (χ0) is 11.7. The number of nitrogens with zero attached hydrogens (tertiary/aromatic N) is 2. The molecule has 1 fully saturated rings. The molecule has 0 bridgehead atoms. The summed E-state index contributed by atoms with van der Waals surface area (Å²) in [6.45, 7) is 2.12. The molecule has 2 aromatic rings. The molecule has 1 saturated carbocycles. The van der Waals surface area contributed by atoms with Gasteiger partial charge < -0.3 is 0 Å². The van der Waals surface area contributed by atoms with Gasteiger partial charge in [0.1, 0.15) is 0 Å². The maximum absolute atomic E-state index is 4.51. The number of aromatic nitrogens is 2. The molecule has 1 aromatic heterocycles. The fourth-order valence-electron chi connectivity index (χ4n) is 2.60. The minimum atomic E-state index is 0.634. The number of benzene rings is 1. The molecule has 0 spiro atoms. The third kappa shape index (κ3) is 2.12. The summed E-state index contributed by atoms with van der Waals surface area (Å²) >= 11 is 0. The number of rotatable bonds is 2. The number of hydrogen-bond acceptors (Lipinski definition) is 1. The van der Waals surface area contributed by atoms with Crippen molar-refractivity contribution in [3.8, 4) is 11.1 Å². The van der Waals surface area contributed by atoms with Crippen LogP contribution in [0.3, 0.4) is 0 Å². The number of aryl methyl sites for hydroxylation is 1. The molecule has 1 aliphatic carbocycles. The molecule has 0 saturated heterocycles. The first-order valence-corrected chi connectivity index (χ1v) is 6.44. The topological polar surface area (TPSA) is 17.8 Å². The lowest BCUT2D eigenvalue weighted by atomic mass is 10.1. The smallest absolute Gasteiger partial charge is 0.0568 e. The highest BCUT2D eigenvalue weighted by atomic mass is 15.3. The second kappa shape index (κ2) is 4.36. The van der Waals surface area contributed by atoms with E-state index in [1.54, 1.807) is 0 Å². The van der Waals surface area contributed by atoms with Gasteiger partial charge in [-0.25, -0.2) is 0 Å². The molecule has 17 heavy (non-hydrogen) atoms. The predicted molar refractivity (Wildman–Crippen MR) is 69.9 cm³/mol. The third-order valence-corrected chi connectivity index (χ3v) is 3.69. The largest absolute Gasteiger partial charge is 0.269 e. The summed E-state index contributed by atoms with van der Waals surface area (Å²) in [5.74, 6) is 0. The molecule has 0 N–H and O–H groups in total. The van der Waals surface area contributed by atoms with Crippen LogP contribution in [0.5, 0.6) is 0 Å². The zero-order valence-corrected chi connectivity index (χ0v) is 10.3. The van der Waals surface area contributed by atoms with Gasteiger partial charge in [0.25, 0.3) is 0 Å². The second-order valence-electron chi connectivity index (χ2n) is 5.01. The van der Waals surface area contributed by atoms with Crippen LogP contribution in [0.1, 0.15) is 37.3 Å².